The van der Waals surface area contributed by atoms with Gasteiger partial charge >= 0.3 is 0 Å². The number of Topliss-reactive ketones (excluding diaryl/α,β-unsaturated/α-hetero) is 1. The number of hydrogen-bond donors (Lipinski definition) is 1. The van der Waals surface area contributed by atoms with Gasteiger partial charge in [-0.05, 0) is 82.3 Å². The predicted molar refractivity (Wildman–Crippen MR) is 151 cm³/mol. The first-order chi connectivity index (χ1) is 17.7. The second kappa shape index (κ2) is 11.0. The number of allylic oxidation sites excluding steroid dienone is 4. The van der Waals surface area contributed by atoms with E-state index in [1.54, 1.807) is 7.11 Å². The van der Waals surface area contributed by atoms with Crippen LogP contribution < -0.4 is 20.5 Å². The summed E-state index contributed by atoms with van der Waals surface area (Å²) in [4.78, 5) is 13.3. The predicted octanol–water partition coefficient (Wildman–Crippen LogP) is 5.86. The smallest absolute Gasteiger partial charge is 0.171 e. The minimum atomic E-state index is -0.122. The van der Waals surface area contributed by atoms with Gasteiger partial charge in [0.1, 0.15) is 5.75 Å². The molecule has 0 bridgehead atoms. The van der Waals surface area contributed by atoms with Crippen molar-refractivity contribution < 1.29 is 9.53 Å². The maximum Gasteiger partial charge on any atom is 0.171 e. The van der Waals surface area contributed by atoms with E-state index in [0.29, 0.717) is 11.3 Å². The first kappa shape index (κ1) is 24.1. The molecule has 1 atom stereocenters. The molecule has 1 aliphatic heterocycles. The molecular formula is C32H28BrNO2. The normalized spacial score (nSPS) is 16.4. The van der Waals surface area contributed by atoms with Crippen LogP contribution in [0.1, 0.15) is 27.9 Å². The molecule has 0 spiro atoms. The van der Waals surface area contributed by atoms with Crippen LogP contribution in [0.25, 0.3) is 23.3 Å². The second-order valence-electron chi connectivity index (χ2n) is 8.96. The molecule has 1 unspecified atom stereocenters. The van der Waals surface area contributed by atoms with E-state index in [1.165, 1.54) is 32.7 Å². The third-order valence-corrected chi connectivity index (χ3v) is 7.49. The average molecular weight is 538 g/mol. The number of carbonyl (C=O) groups excluding carboxylic acids is 1. The molecule has 3 aliphatic rings. The average Bonchev–Trinajstić information content (AvgIpc) is 3.26. The second-order valence-corrected chi connectivity index (χ2v) is 9.81. The van der Waals surface area contributed by atoms with E-state index in [-0.39, 0.29) is 11.7 Å². The van der Waals surface area contributed by atoms with E-state index in [9.17, 15) is 4.79 Å². The number of hydrogen-bond acceptors (Lipinski definition) is 3. The molecule has 0 saturated heterocycles. The number of ether oxygens (including phenoxy) is 1. The van der Waals surface area contributed by atoms with Gasteiger partial charge in [-0.15, -0.1) is 0 Å². The Labute approximate surface area is 220 Å². The third-order valence-electron chi connectivity index (χ3n) is 6.80. The van der Waals surface area contributed by atoms with Crippen LogP contribution in [0, 0.1) is 5.92 Å². The lowest BCUT2D eigenvalue weighted by atomic mass is 9.82. The Kier molecular flexibility index (Phi) is 7.33. The molecule has 3 aromatic carbocycles. The Hall–Kier alpha value is -3.63. The van der Waals surface area contributed by atoms with Crippen LogP contribution >= 0.6 is 15.9 Å². The van der Waals surface area contributed by atoms with Crippen LogP contribution in [0.3, 0.4) is 0 Å². The lowest BCUT2D eigenvalue weighted by molar-refractivity contribution is 0.0945. The Balaban J connectivity index is 0.000000330. The fourth-order valence-electron chi connectivity index (χ4n) is 4.95. The minimum Gasteiger partial charge on any atom is -0.497 e. The van der Waals surface area contributed by atoms with Crippen molar-refractivity contribution >= 4 is 33.9 Å². The summed E-state index contributed by atoms with van der Waals surface area (Å²) in [5, 5.41) is 5.44. The zero-order chi connectivity index (χ0) is 24.9. The van der Waals surface area contributed by atoms with Crippen molar-refractivity contribution in [2.75, 3.05) is 7.11 Å². The van der Waals surface area contributed by atoms with Crippen LogP contribution in [0.2, 0.25) is 0 Å². The van der Waals surface area contributed by atoms with Crippen molar-refractivity contribution in [1.82, 2.24) is 5.32 Å². The molecule has 0 fully saturated rings. The summed E-state index contributed by atoms with van der Waals surface area (Å²) >= 11 is 3.54. The van der Waals surface area contributed by atoms with Crippen LogP contribution in [0.4, 0.5) is 0 Å². The first-order valence-corrected chi connectivity index (χ1v) is 13.0. The quantitative estimate of drug-likeness (QED) is 0.425. The summed E-state index contributed by atoms with van der Waals surface area (Å²) in [7, 11) is 1.63. The zero-order valence-corrected chi connectivity index (χ0v) is 21.8. The number of ketones is 1. The Morgan fingerprint density at radius 1 is 0.917 bits per heavy atom. The first-order valence-electron chi connectivity index (χ1n) is 12.2. The molecule has 36 heavy (non-hydrogen) atoms. The van der Waals surface area contributed by atoms with E-state index in [2.05, 4.69) is 69.8 Å². The Morgan fingerprint density at radius 3 is 2.53 bits per heavy atom. The summed E-state index contributed by atoms with van der Waals surface area (Å²) in [5.41, 5.74) is 5.98. The monoisotopic (exact) mass is 537 g/mol. The van der Waals surface area contributed by atoms with Gasteiger partial charge < -0.3 is 10.1 Å². The lowest BCUT2D eigenvalue weighted by Crippen LogP contribution is -2.37. The zero-order valence-electron chi connectivity index (χ0n) is 20.2. The maximum atomic E-state index is 13.3. The number of halogens is 1. The molecule has 2 aliphatic carbocycles. The molecule has 1 heterocycles. The van der Waals surface area contributed by atoms with E-state index in [4.69, 9.17) is 4.74 Å². The molecule has 0 aromatic heterocycles. The Bertz CT molecular complexity index is 1500. The van der Waals surface area contributed by atoms with Gasteiger partial charge in [0.05, 0.1) is 7.11 Å². The molecule has 6 rings (SSSR count). The topological polar surface area (TPSA) is 38.3 Å². The van der Waals surface area contributed by atoms with E-state index in [0.717, 1.165) is 23.7 Å². The summed E-state index contributed by atoms with van der Waals surface area (Å²) in [5.74, 6) is 0.730. The Morgan fingerprint density at radius 2 is 1.72 bits per heavy atom. The molecule has 0 radical (unpaired) electrons. The van der Waals surface area contributed by atoms with Gasteiger partial charge in [0, 0.05) is 28.4 Å². The van der Waals surface area contributed by atoms with Gasteiger partial charge in [0.15, 0.2) is 5.78 Å². The molecule has 3 aromatic rings. The van der Waals surface area contributed by atoms with E-state index >= 15 is 0 Å². The number of methoxy groups -OCH3 is 1. The number of aryl methyl sites for hydroxylation is 1. The number of benzene rings is 3. The van der Waals surface area contributed by atoms with Gasteiger partial charge in [0.2, 0.25) is 0 Å². The fraction of sp³-hybridized carbons (Fsp3) is 0.156. The van der Waals surface area contributed by atoms with Gasteiger partial charge in [-0.2, -0.15) is 0 Å². The summed E-state index contributed by atoms with van der Waals surface area (Å²) in [6.45, 7) is 0. The van der Waals surface area contributed by atoms with E-state index < -0.39 is 0 Å². The van der Waals surface area contributed by atoms with Gasteiger partial charge in [-0.3, -0.25) is 4.79 Å². The number of nitrogens with one attached hydrogen (secondary N) is 1. The molecule has 4 heteroatoms. The van der Waals surface area contributed by atoms with E-state index in [1.807, 2.05) is 54.9 Å². The SMILES string of the molecule is C1=CC=CNC=C1.COc1ccc(Br)c(C(=O)C2C=c3c(ccc4c3=CCc3ccccc3-4)CC2)c1. The highest BCUT2D eigenvalue weighted by Gasteiger charge is 2.24. The standard InChI is InChI=1S/C26H21BrO2.C6H7N/c1-29-19-10-13-25(27)24(15-19)26(28)18-7-6-17-9-11-21-20-5-3-2-4-16(20)8-12-22(21)23(17)14-18;1-2-4-6-7-5-3-1/h2-5,9-15,18H,6-8H2,1H3;1-7H. The van der Waals surface area contributed by atoms with Gasteiger partial charge in [-0.25, -0.2) is 0 Å². The van der Waals surface area contributed by atoms with Crippen LogP contribution in [0.15, 0.2) is 95.8 Å². The molecule has 0 amide bonds. The van der Waals surface area contributed by atoms with Crippen LogP contribution in [0.5, 0.6) is 5.75 Å². The number of carbonyl (C=O) groups is 1. The number of rotatable bonds is 3. The van der Waals surface area contributed by atoms with Crippen molar-refractivity contribution in [1.29, 1.82) is 0 Å². The van der Waals surface area contributed by atoms with Gasteiger partial charge in [0.25, 0.3) is 0 Å². The highest BCUT2D eigenvalue weighted by atomic mass is 79.9. The summed E-state index contributed by atoms with van der Waals surface area (Å²) < 4.78 is 6.14. The van der Waals surface area contributed by atoms with Crippen molar-refractivity contribution in [2.24, 2.45) is 5.92 Å². The maximum absolute atomic E-state index is 13.3. The highest BCUT2D eigenvalue weighted by Crippen LogP contribution is 2.29. The minimum absolute atomic E-state index is 0.122. The lowest BCUT2D eigenvalue weighted by Gasteiger charge is -2.22. The molecule has 0 saturated carbocycles. The third kappa shape index (κ3) is 5.00. The van der Waals surface area contributed by atoms with Crippen molar-refractivity contribution in [3.63, 3.8) is 0 Å². The van der Waals surface area contributed by atoms with Gasteiger partial charge in [-0.1, -0.05) is 76.6 Å². The van der Waals surface area contributed by atoms with Crippen molar-refractivity contribution in [3.8, 4) is 16.9 Å². The molecule has 3 nitrogen and oxygen atoms in total. The molecular weight excluding hydrogens is 510 g/mol. The summed E-state index contributed by atoms with van der Waals surface area (Å²) in [6, 6.07) is 18.7. The van der Waals surface area contributed by atoms with Crippen molar-refractivity contribution in [3.05, 3.63) is 123 Å². The van der Waals surface area contributed by atoms with Crippen LogP contribution in [-0.2, 0) is 12.8 Å². The number of fused-ring (bicyclic) bond motifs is 5. The largest absolute Gasteiger partial charge is 0.497 e. The molecule has 1 N–H and O–H groups in total. The highest BCUT2D eigenvalue weighted by molar-refractivity contribution is 9.10. The summed E-state index contributed by atoms with van der Waals surface area (Å²) in [6.07, 6.45) is 18.8. The van der Waals surface area contributed by atoms with Crippen LogP contribution in [-0.4, -0.2) is 12.9 Å². The fourth-order valence-corrected chi connectivity index (χ4v) is 5.39. The van der Waals surface area contributed by atoms with Crippen molar-refractivity contribution in [2.45, 2.75) is 19.3 Å². The molecule has 180 valence electrons.